The summed E-state index contributed by atoms with van der Waals surface area (Å²) >= 11 is 6.04. The van der Waals surface area contributed by atoms with Crippen LogP contribution in [-0.4, -0.2) is 53.4 Å². The van der Waals surface area contributed by atoms with Gasteiger partial charge in [0.15, 0.2) is 0 Å². The molecule has 0 aliphatic carbocycles. The number of hydrogen-bond acceptors (Lipinski definition) is 3. The van der Waals surface area contributed by atoms with Gasteiger partial charge < -0.3 is 9.80 Å². The molecule has 2 heterocycles. The van der Waals surface area contributed by atoms with Crippen molar-refractivity contribution < 1.29 is 9.18 Å². The monoisotopic (exact) mass is 375 g/mol. The fraction of sp³-hybridized carbons (Fsp3) is 0.400. The van der Waals surface area contributed by atoms with Crippen molar-refractivity contribution in [1.82, 2.24) is 14.8 Å². The van der Waals surface area contributed by atoms with E-state index in [0.717, 1.165) is 43.9 Å². The summed E-state index contributed by atoms with van der Waals surface area (Å²) < 4.78 is 14.0. The molecule has 0 atom stereocenters. The molecule has 1 aliphatic heterocycles. The molecule has 4 nitrogen and oxygen atoms in total. The molecule has 0 spiro atoms. The van der Waals surface area contributed by atoms with Gasteiger partial charge in [0.25, 0.3) is 5.91 Å². The maximum Gasteiger partial charge on any atom is 0.258 e. The highest BCUT2D eigenvalue weighted by molar-refractivity contribution is 6.33. The van der Waals surface area contributed by atoms with Crippen LogP contribution < -0.4 is 0 Å². The predicted octanol–water partition coefficient (Wildman–Crippen LogP) is 3.57. The normalized spacial score (nSPS) is 15.7. The summed E-state index contributed by atoms with van der Waals surface area (Å²) in [6.07, 6.45) is 1.74. The van der Waals surface area contributed by atoms with Crippen molar-refractivity contribution in [3.8, 4) is 0 Å². The van der Waals surface area contributed by atoms with E-state index >= 15 is 0 Å². The lowest BCUT2D eigenvalue weighted by molar-refractivity contribution is 0.0757. The van der Waals surface area contributed by atoms with Gasteiger partial charge in [-0.3, -0.25) is 9.78 Å². The Kier molecular flexibility index (Phi) is 6.22. The Balaban J connectivity index is 1.58. The number of hydrogen-bond donors (Lipinski definition) is 0. The van der Waals surface area contributed by atoms with Crippen LogP contribution in [0.4, 0.5) is 4.39 Å². The van der Waals surface area contributed by atoms with Gasteiger partial charge in [-0.15, -0.1) is 0 Å². The van der Waals surface area contributed by atoms with E-state index in [2.05, 4.69) is 9.88 Å². The average Bonchev–Trinajstić information content (AvgIpc) is 2.85. The van der Waals surface area contributed by atoms with Crippen LogP contribution in [0.15, 0.2) is 36.4 Å². The molecular formula is C20H23ClFN3O. The van der Waals surface area contributed by atoms with E-state index < -0.39 is 5.82 Å². The van der Waals surface area contributed by atoms with Gasteiger partial charge in [0.2, 0.25) is 0 Å². The largest absolute Gasteiger partial charge is 0.337 e. The Morgan fingerprint density at radius 2 is 1.96 bits per heavy atom. The summed E-state index contributed by atoms with van der Waals surface area (Å²) in [5, 5.41) is 0.168. The fourth-order valence-electron chi connectivity index (χ4n) is 3.27. The lowest BCUT2D eigenvalue weighted by Gasteiger charge is -2.22. The molecule has 1 saturated heterocycles. The highest BCUT2D eigenvalue weighted by Crippen LogP contribution is 2.21. The van der Waals surface area contributed by atoms with Gasteiger partial charge in [-0.05, 0) is 44.2 Å². The van der Waals surface area contributed by atoms with Gasteiger partial charge in [-0.25, -0.2) is 4.39 Å². The number of carbonyl (C=O) groups excluding carboxylic acids is 1. The lowest BCUT2D eigenvalue weighted by Crippen LogP contribution is -2.36. The van der Waals surface area contributed by atoms with Crippen molar-refractivity contribution >= 4 is 17.5 Å². The van der Waals surface area contributed by atoms with Crippen LogP contribution in [0.3, 0.4) is 0 Å². The molecule has 1 amide bonds. The van der Waals surface area contributed by atoms with Crippen LogP contribution >= 0.6 is 11.6 Å². The summed E-state index contributed by atoms with van der Waals surface area (Å²) in [5.74, 6) is -0.885. The first-order valence-electron chi connectivity index (χ1n) is 8.93. The Bertz CT molecular complexity index is 763. The van der Waals surface area contributed by atoms with E-state index in [1.807, 2.05) is 25.1 Å². The topological polar surface area (TPSA) is 36.4 Å². The van der Waals surface area contributed by atoms with E-state index in [0.29, 0.717) is 13.1 Å². The minimum absolute atomic E-state index is 0.0217. The number of benzene rings is 1. The van der Waals surface area contributed by atoms with Crippen LogP contribution in [0.25, 0.3) is 0 Å². The van der Waals surface area contributed by atoms with E-state index in [1.54, 1.807) is 11.0 Å². The smallest absolute Gasteiger partial charge is 0.258 e. The third kappa shape index (κ3) is 4.59. The highest BCUT2D eigenvalue weighted by Gasteiger charge is 2.24. The van der Waals surface area contributed by atoms with Crippen molar-refractivity contribution in [1.29, 1.82) is 0 Å². The molecule has 6 heteroatoms. The molecule has 138 valence electrons. The minimum atomic E-state index is -0.561. The Labute approximate surface area is 158 Å². The van der Waals surface area contributed by atoms with Crippen LogP contribution in [0.5, 0.6) is 0 Å². The summed E-state index contributed by atoms with van der Waals surface area (Å²) in [5.41, 5.74) is 2.09. The molecule has 1 fully saturated rings. The zero-order valence-corrected chi connectivity index (χ0v) is 15.7. The van der Waals surface area contributed by atoms with E-state index in [9.17, 15) is 9.18 Å². The quantitative estimate of drug-likeness (QED) is 0.819. The molecule has 1 aliphatic rings. The van der Waals surface area contributed by atoms with Gasteiger partial charge in [0, 0.05) is 44.0 Å². The number of halogens is 2. The van der Waals surface area contributed by atoms with Crippen LogP contribution in [-0.2, 0) is 6.42 Å². The van der Waals surface area contributed by atoms with Crippen LogP contribution in [0.2, 0.25) is 5.02 Å². The maximum absolute atomic E-state index is 14.0. The van der Waals surface area contributed by atoms with Crippen molar-refractivity contribution in [2.24, 2.45) is 0 Å². The Hall–Kier alpha value is -1.98. The van der Waals surface area contributed by atoms with E-state index in [4.69, 9.17) is 11.6 Å². The number of aryl methyl sites for hydroxylation is 1. The molecule has 3 rings (SSSR count). The third-order valence-corrected chi connectivity index (χ3v) is 5.00. The van der Waals surface area contributed by atoms with Gasteiger partial charge in [0.1, 0.15) is 5.82 Å². The summed E-state index contributed by atoms with van der Waals surface area (Å²) in [6.45, 7) is 5.77. The van der Waals surface area contributed by atoms with Gasteiger partial charge in [0.05, 0.1) is 10.6 Å². The number of rotatable bonds is 4. The highest BCUT2D eigenvalue weighted by atomic mass is 35.5. The van der Waals surface area contributed by atoms with Gasteiger partial charge in [-0.2, -0.15) is 0 Å². The Morgan fingerprint density at radius 1 is 1.15 bits per heavy atom. The second-order valence-electron chi connectivity index (χ2n) is 6.60. The molecular weight excluding hydrogens is 353 g/mol. The molecule has 26 heavy (non-hydrogen) atoms. The second-order valence-corrected chi connectivity index (χ2v) is 7.01. The van der Waals surface area contributed by atoms with Crippen molar-refractivity contribution in [2.45, 2.75) is 19.8 Å². The first-order valence-corrected chi connectivity index (χ1v) is 9.30. The first kappa shape index (κ1) is 18.8. The number of nitrogens with zero attached hydrogens (tertiary/aromatic N) is 3. The Morgan fingerprint density at radius 3 is 2.73 bits per heavy atom. The van der Waals surface area contributed by atoms with Crippen molar-refractivity contribution in [3.05, 3.63) is 64.2 Å². The van der Waals surface area contributed by atoms with E-state index in [1.165, 1.54) is 12.1 Å². The van der Waals surface area contributed by atoms with Crippen LogP contribution in [0.1, 0.15) is 28.2 Å². The molecule has 1 aromatic heterocycles. The molecule has 1 aromatic carbocycles. The molecule has 0 bridgehead atoms. The molecule has 2 aromatic rings. The molecule has 0 radical (unpaired) electrons. The van der Waals surface area contributed by atoms with Crippen LogP contribution in [0, 0.1) is 12.7 Å². The molecule has 0 N–H and O–H groups in total. The second kappa shape index (κ2) is 8.60. The predicted molar refractivity (Wildman–Crippen MR) is 101 cm³/mol. The minimum Gasteiger partial charge on any atom is -0.337 e. The number of pyridine rings is 1. The third-order valence-electron chi connectivity index (χ3n) is 4.68. The standard InChI is InChI=1S/C20H23ClFN3O/c1-15-5-2-6-16(23-15)9-12-24-10-4-11-25(14-13-24)20(26)19-17(21)7-3-8-18(19)22/h2-3,5-8H,4,9-14H2,1H3. The van der Waals surface area contributed by atoms with Gasteiger partial charge in [-0.1, -0.05) is 23.7 Å². The average molecular weight is 376 g/mol. The summed E-state index contributed by atoms with van der Waals surface area (Å²) in [7, 11) is 0. The SMILES string of the molecule is Cc1cccc(CCN2CCCN(C(=O)c3c(F)cccc3Cl)CC2)n1. The summed E-state index contributed by atoms with van der Waals surface area (Å²) in [6, 6.07) is 10.4. The fourth-order valence-corrected chi connectivity index (χ4v) is 3.51. The summed E-state index contributed by atoms with van der Waals surface area (Å²) in [4.78, 5) is 21.3. The zero-order valence-electron chi connectivity index (χ0n) is 14.9. The number of amides is 1. The van der Waals surface area contributed by atoms with Crippen molar-refractivity contribution in [3.63, 3.8) is 0 Å². The van der Waals surface area contributed by atoms with Crippen molar-refractivity contribution in [2.75, 3.05) is 32.7 Å². The van der Waals surface area contributed by atoms with Gasteiger partial charge >= 0.3 is 0 Å². The lowest BCUT2D eigenvalue weighted by atomic mass is 10.1. The molecule has 0 saturated carbocycles. The number of aromatic nitrogens is 1. The maximum atomic E-state index is 14.0. The number of carbonyl (C=O) groups is 1. The zero-order chi connectivity index (χ0) is 18.5. The van der Waals surface area contributed by atoms with E-state index in [-0.39, 0.29) is 16.5 Å². The first-order chi connectivity index (χ1) is 12.5. The molecule has 0 unspecified atom stereocenters.